The molecule has 1 amide bonds. The van der Waals surface area contributed by atoms with Crippen molar-refractivity contribution in [3.05, 3.63) is 12.2 Å². The van der Waals surface area contributed by atoms with Crippen LogP contribution >= 0.6 is 0 Å². The first-order valence-electron chi connectivity index (χ1n) is 7.19. The van der Waals surface area contributed by atoms with E-state index in [2.05, 4.69) is 52.0 Å². The smallest absolute Gasteiger partial charge is 0.246 e. The lowest BCUT2D eigenvalue weighted by atomic mass is 10.3. The Morgan fingerprint density at radius 2 is 1.80 bits per heavy atom. The number of carbonyl (C=O) groups excluding carboxylic acids is 1. The topological polar surface area (TPSA) is 58.4 Å². The zero-order valence-corrected chi connectivity index (χ0v) is 14.3. The lowest BCUT2D eigenvalue weighted by Crippen LogP contribution is -2.37. The van der Waals surface area contributed by atoms with Gasteiger partial charge in [-0.15, -0.1) is 0 Å². The highest BCUT2D eigenvalue weighted by molar-refractivity contribution is 5.91. The molecule has 0 aromatic carbocycles. The second-order valence-electron chi connectivity index (χ2n) is 6.35. The number of rotatable bonds is 8. The second kappa shape index (κ2) is 11.9. The average molecular weight is 287 g/mol. The van der Waals surface area contributed by atoms with Crippen LogP contribution in [0.25, 0.3) is 0 Å². The molecule has 20 heavy (non-hydrogen) atoms. The molecule has 5 heteroatoms. The van der Waals surface area contributed by atoms with Crippen LogP contribution in [0.1, 0.15) is 19.8 Å². The fraction of sp³-hybridized carbons (Fsp3) is 0.800. The van der Waals surface area contributed by atoms with Gasteiger partial charge in [-0.1, -0.05) is 6.58 Å². The van der Waals surface area contributed by atoms with Crippen LogP contribution in [0.4, 0.5) is 0 Å². The highest BCUT2D eigenvalue weighted by Crippen LogP contribution is 1.92. The molecule has 0 saturated carbocycles. The van der Waals surface area contributed by atoms with Crippen molar-refractivity contribution >= 4 is 5.91 Å². The third-order valence-corrected chi connectivity index (χ3v) is 2.49. The van der Waals surface area contributed by atoms with E-state index in [0.29, 0.717) is 5.57 Å². The fourth-order valence-electron chi connectivity index (χ4n) is 1.31. The van der Waals surface area contributed by atoms with E-state index in [1.165, 1.54) is 0 Å². The SMILES string of the molecule is C=C(C)C(=O)NCCC[N+](C)(C)C.CN(C)CCCN. The molecule has 0 rings (SSSR count). The second-order valence-corrected chi connectivity index (χ2v) is 6.35. The first-order chi connectivity index (χ1) is 9.10. The van der Waals surface area contributed by atoms with Crippen LogP contribution in [0.15, 0.2) is 12.2 Å². The summed E-state index contributed by atoms with van der Waals surface area (Å²) in [6, 6.07) is 0. The van der Waals surface area contributed by atoms with Crippen molar-refractivity contribution in [3.63, 3.8) is 0 Å². The molecule has 0 aromatic heterocycles. The monoisotopic (exact) mass is 287 g/mol. The molecule has 0 saturated heterocycles. The Hall–Kier alpha value is -0.910. The van der Waals surface area contributed by atoms with Gasteiger partial charge in [-0.25, -0.2) is 0 Å². The molecule has 0 spiro atoms. The quantitative estimate of drug-likeness (QED) is 0.392. The summed E-state index contributed by atoms with van der Waals surface area (Å²) in [5, 5.41) is 2.81. The summed E-state index contributed by atoms with van der Waals surface area (Å²) in [4.78, 5) is 13.2. The minimum Gasteiger partial charge on any atom is -0.352 e. The molecule has 3 N–H and O–H groups in total. The summed E-state index contributed by atoms with van der Waals surface area (Å²) >= 11 is 0. The van der Waals surface area contributed by atoms with E-state index < -0.39 is 0 Å². The third-order valence-electron chi connectivity index (χ3n) is 2.49. The lowest BCUT2D eigenvalue weighted by Gasteiger charge is -2.23. The Kier molecular flexibility index (Phi) is 12.7. The maximum atomic E-state index is 11.1. The molecule has 0 aliphatic rings. The van der Waals surface area contributed by atoms with E-state index in [0.717, 1.165) is 43.5 Å². The summed E-state index contributed by atoms with van der Waals surface area (Å²) in [6.07, 6.45) is 2.11. The van der Waals surface area contributed by atoms with Crippen LogP contribution in [0.5, 0.6) is 0 Å². The van der Waals surface area contributed by atoms with Gasteiger partial charge in [-0.2, -0.15) is 0 Å². The number of nitrogens with two attached hydrogens (primary N) is 1. The van der Waals surface area contributed by atoms with Gasteiger partial charge >= 0.3 is 0 Å². The Morgan fingerprint density at radius 3 is 2.10 bits per heavy atom. The summed E-state index contributed by atoms with van der Waals surface area (Å²) < 4.78 is 0.933. The number of amides is 1. The van der Waals surface area contributed by atoms with Gasteiger partial charge in [0.2, 0.25) is 5.91 Å². The van der Waals surface area contributed by atoms with Crippen molar-refractivity contribution in [1.29, 1.82) is 0 Å². The van der Waals surface area contributed by atoms with Crippen LogP contribution in [-0.4, -0.2) is 76.7 Å². The van der Waals surface area contributed by atoms with E-state index in [1.54, 1.807) is 6.92 Å². The Balaban J connectivity index is 0. The fourth-order valence-corrected chi connectivity index (χ4v) is 1.31. The van der Waals surface area contributed by atoms with Gasteiger partial charge in [0.05, 0.1) is 27.7 Å². The molecule has 0 heterocycles. The van der Waals surface area contributed by atoms with Crippen molar-refractivity contribution < 1.29 is 9.28 Å². The predicted octanol–water partition coefficient (Wildman–Crippen LogP) is 0.672. The molecular formula is C15H35N4O+. The molecule has 0 bridgehead atoms. The van der Waals surface area contributed by atoms with E-state index >= 15 is 0 Å². The van der Waals surface area contributed by atoms with Crippen LogP contribution in [0, 0.1) is 0 Å². The van der Waals surface area contributed by atoms with Crippen molar-refractivity contribution in [3.8, 4) is 0 Å². The van der Waals surface area contributed by atoms with Crippen LogP contribution < -0.4 is 11.1 Å². The van der Waals surface area contributed by atoms with Crippen molar-refractivity contribution in [2.75, 3.05) is 61.4 Å². The third kappa shape index (κ3) is 19.4. The number of nitrogens with one attached hydrogen (secondary N) is 1. The summed E-state index contributed by atoms with van der Waals surface area (Å²) in [6.45, 7) is 9.00. The van der Waals surface area contributed by atoms with Crippen LogP contribution in [0.2, 0.25) is 0 Å². The van der Waals surface area contributed by atoms with Gasteiger partial charge in [0.1, 0.15) is 0 Å². The highest BCUT2D eigenvalue weighted by atomic mass is 16.1. The number of hydrogen-bond donors (Lipinski definition) is 2. The van der Waals surface area contributed by atoms with Crippen molar-refractivity contribution in [2.24, 2.45) is 5.73 Å². The molecule has 0 atom stereocenters. The minimum atomic E-state index is -0.0404. The first kappa shape index (κ1) is 21.4. The Morgan fingerprint density at radius 1 is 1.25 bits per heavy atom. The zero-order valence-electron chi connectivity index (χ0n) is 14.3. The molecule has 5 nitrogen and oxygen atoms in total. The van der Waals surface area contributed by atoms with Gasteiger partial charge < -0.3 is 20.4 Å². The van der Waals surface area contributed by atoms with Crippen LogP contribution in [0.3, 0.4) is 0 Å². The van der Waals surface area contributed by atoms with Gasteiger partial charge in [0.15, 0.2) is 0 Å². The van der Waals surface area contributed by atoms with E-state index in [1.807, 2.05) is 0 Å². The normalized spacial score (nSPS) is 10.8. The molecule has 0 aliphatic heterocycles. The van der Waals surface area contributed by atoms with Crippen LogP contribution in [-0.2, 0) is 4.79 Å². The number of nitrogens with zero attached hydrogens (tertiary/aromatic N) is 2. The standard InChI is InChI=1S/C10H20N2O.C5H14N2/c1-9(2)10(13)11-7-6-8-12(3,4)5;1-7(2)5-3-4-6/h1,6-8H2,2-5H3;3-6H2,1-2H3/p+1. The van der Waals surface area contributed by atoms with E-state index in [9.17, 15) is 4.79 Å². The van der Waals surface area contributed by atoms with E-state index in [-0.39, 0.29) is 5.91 Å². The average Bonchev–Trinajstić information content (AvgIpc) is 2.31. The van der Waals surface area contributed by atoms with Gasteiger partial charge in [0, 0.05) is 18.5 Å². The molecule has 0 fully saturated rings. The van der Waals surface area contributed by atoms with Gasteiger partial charge in [-0.3, -0.25) is 4.79 Å². The lowest BCUT2D eigenvalue weighted by molar-refractivity contribution is -0.870. The minimum absolute atomic E-state index is 0.0404. The summed E-state index contributed by atoms with van der Waals surface area (Å²) in [5.41, 5.74) is 5.82. The highest BCUT2D eigenvalue weighted by Gasteiger charge is 2.06. The number of hydrogen-bond acceptors (Lipinski definition) is 3. The molecular weight excluding hydrogens is 252 g/mol. The van der Waals surface area contributed by atoms with Gasteiger partial charge in [0.25, 0.3) is 0 Å². The molecule has 120 valence electrons. The number of quaternary nitrogens is 1. The largest absolute Gasteiger partial charge is 0.352 e. The number of carbonyl (C=O) groups is 1. The Bertz CT molecular complexity index is 270. The van der Waals surface area contributed by atoms with Crippen molar-refractivity contribution in [1.82, 2.24) is 10.2 Å². The molecule has 0 unspecified atom stereocenters. The zero-order chi connectivity index (χ0) is 16.2. The van der Waals surface area contributed by atoms with Crippen molar-refractivity contribution in [2.45, 2.75) is 19.8 Å². The summed E-state index contributed by atoms with van der Waals surface area (Å²) in [5.74, 6) is -0.0404. The first-order valence-corrected chi connectivity index (χ1v) is 7.19. The molecule has 0 aromatic rings. The maximum Gasteiger partial charge on any atom is 0.246 e. The van der Waals surface area contributed by atoms with Gasteiger partial charge in [-0.05, 0) is 40.5 Å². The molecule has 0 aliphatic carbocycles. The van der Waals surface area contributed by atoms with E-state index in [4.69, 9.17) is 5.73 Å². The molecule has 0 radical (unpaired) electrons. The summed E-state index contributed by atoms with van der Waals surface area (Å²) in [7, 11) is 10.5. The maximum absolute atomic E-state index is 11.1. The predicted molar refractivity (Wildman–Crippen MR) is 87.6 cm³/mol. The Labute approximate surface area is 125 Å².